The van der Waals surface area contributed by atoms with Crippen LogP contribution >= 0.6 is 0 Å². The number of rotatable bonds is 2. The van der Waals surface area contributed by atoms with E-state index < -0.39 is 29.7 Å². The second kappa shape index (κ2) is 5.72. The van der Waals surface area contributed by atoms with Crippen LogP contribution in [0, 0.1) is 26.6 Å². The predicted octanol–water partition coefficient (Wildman–Crippen LogP) is 3.25. The monoisotopic (exact) mass is 352 g/mol. The van der Waals surface area contributed by atoms with Crippen LogP contribution in [0.25, 0.3) is 0 Å². The van der Waals surface area contributed by atoms with Crippen LogP contribution in [0.2, 0.25) is 0 Å². The molecule has 2 aromatic rings. The fourth-order valence-corrected chi connectivity index (χ4v) is 3.22. The van der Waals surface area contributed by atoms with E-state index in [0.717, 1.165) is 16.0 Å². The minimum atomic E-state index is -0.909. The van der Waals surface area contributed by atoms with Gasteiger partial charge in [-0.15, -0.1) is 0 Å². The van der Waals surface area contributed by atoms with Crippen molar-refractivity contribution in [2.45, 2.75) is 32.9 Å². The van der Waals surface area contributed by atoms with Crippen molar-refractivity contribution in [1.82, 2.24) is 0 Å². The molecule has 0 radical (unpaired) electrons. The number of halogens is 1. The normalized spacial score (nSPS) is 21.7. The molecule has 7 heteroatoms. The zero-order chi connectivity index (χ0) is 18.6. The fraction of sp³-hybridized carbons (Fsp3) is 0.263. The van der Waals surface area contributed by atoms with E-state index in [-0.39, 0.29) is 5.69 Å². The lowest BCUT2D eigenvalue weighted by atomic mass is 10.1. The van der Waals surface area contributed by atoms with Gasteiger partial charge in [0.1, 0.15) is 5.82 Å². The Hall–Kier alpha value is -3.09. The molecule has 0 bridgehead atoms. The van der Waals surface area contributed by atoms with Gasteiger partial charge in [-0.1, -0.05) is 17.4 Å². The van der Waals surface area contributed by atoms with Crippen LogP contribution in [0.15, 0.2) is 46.7 Å². The molecule has 2 aliphatic rings. The summed E-state index contributed by atoms with van der Waals surface area (Å²) in [5, 5.41) is 9.51. The van der Waals surface area contributed by atoms with Crippen molar-refractivity contribution < 1.29 is 14.0 Å². The third-order valence-electron chi connectivity index (χ3n) is 4.95. The molecular weight excluding hydrogens is 335 g/mol. The maximum atomic E-state index is 13.9. The summed E-state index contributed by atoms with van der Waals surface area (Å²) < 4.78 is 13.9. The maximum absolute atomic E-state index is 13.9. The summed E-state index contributed by atoms with van der Waals surface area (Å²) >= 11 is 0. The van der Waals surface area contributed by atoms with E-state index in [0.29, 0.717) is 11.3 Å². The number of carbonyl (C=O) groups is 2. The zero-order valence-electron chi connectivity index (χ0n) is 14.6. The van der Waals surface area contributed by atoms with Crippen molar-refractivity contribution in [3.63, 3.8) is 0 Å². The minimum absolute atomic E-state index is 0.215. The van der Waals surface area contributed by atoms with E-state index in [1.54, 1.807) is 19.1 Å². The second-order valence-electron chi connectivity index (χ2n) is 6.65. The Labute approximate surface area is 149 Å². The first-order valence-corrected chi connectivity index (χ1v) is 8.29. The number of nitrogens with zero attached hydrogens (tertiary/aromatic N) is 4. The van der Waals surface area contributed by atoms with Gasteiger partial charge in [0.15, 0.2) is 12.1 Å². The number of hydrogen-bond donors (Lipinski definition) is 0. The van der Waals surface area contributed by atoms with Gasteiger partial charge in [0.2, 0.25) is 0 Å². The number of amides is 2. The summed E-state index contributed by atoms with van der Waals surface area (Å²) in [7, 11) is 0. The molecule has 2 atom stereocenters. The maximum Gasteiger partial charge on any atom is 0.263 e. The highest BCUT2D eigenvalue weighted by atomic mass is 19.1. The number of anilines is 2. The second-order valence-corrected chi connectivity index (χ2v) is 6.65. The van der Waals surface area contributed by atoms with Gasteiger partial charge in [-0.25, -0.2) is 14.3 Å². The van der Waals surface area contributed by atoms with Crippen LogP contribution in [0.5, 0.6) is 0 Å². The summed E-state index contributed by atoms with van der Waals surface area (Å²) in [5.41, 5.74) is 3.53. The van der Waals surface area contributed by atoms with Crippen molar-refractivity contribution in [1.29, 1.82) is 0 Å². The van der Waals surface area contributed by atoms with Crippen molar-refractivity contribution in [2.24, 2.45) is 10.3 Å². The number of benzene rings is 2. The molecule has 0 aromatic heterocycles. The van der Waals surface area contributed by atoms with Gasteiger partial charge in [-0.3, -0.25) is 9.59 Å². The van der Waals surface area contributed by atoms with Crippen LogP contribution in [0.1, 0.15) is 16.7 Å². The number of carbonyl (C=O) groups excluding carboxylic acids is 2. The average Bonchev–Trinajstić information content (AvgIpc) is 3.14. The molecule has 2 aromatic carbocycles. The van der Waals surface area contributed by atoms with Gasteiger partial charge in [0, 0.05) is 0 Å². The summed E-state index contributed by atoms with van der Waals surface area (Å²) in [5.74, 6) is -1.40. The first-order chi connectivity index (χ1) is 12.4. The lowest BCUT2D eigenvalue weighted by Crippen LogP contribution is -2.40. The Morgan fingerprint density at radius 2 is 1.58 bits per heavy atom. The van der Waals surface area contributed by atoms with Gasteiger partial charge in [-0.05, 0) is 61.7 Å². The first kappa shape index (κ1) is 16.4. The Kier molecular flexibility index (Phi) is 3.61. The molecule has 0 saturated carbocycles. The number of fused-ring (bicyclic) bond motifs is 1. The molecule has 2 heterocycles. The molecule has 4 rings (SSSR count). The van der Waals surface area contributed by atoms with E-state index in [9.17, 15) is 14.0 Å². The summed E-state index contributed by atoms with van der Waals surface area (Å²) in [4.78, 5) is 26.6. The molecule has 0 N–H and O–H groups in total. The molecule has 1 saturated heterocycles. The van der Waals surface area contributed by atoms with Crippen LogP contribution in [0.3, 0.4) is 0 Å². The highest BCUT2D eigenvalue weighted by Gasteiger charge is 2.55. The summed E-state index contributed by atoms with van der Waals surface area (Å²) in [6.07, 6.45) is 0. The molecular formula is C19H17FN4O2. The minimum Gasteiger partial charge on any atom is -0.271 e. The van der Waals surface area contributed by atoms with E-state index in [2.05, 4.69) is 10.3 Å². The Morgan fingerprint density at radius 3 is 2.27 bits per heavy atom. The summed E-state index contributed by atoms with van der Waals surface area (Å²) in [6.45, 7) is 5.58. The quantitative estimate of drug-likeness (QED) is 0.780. The Morgan fingerprint density at radius 1 is 0.885 bits per heavy atom. The van der Waals surface area contributed by atoms with Gasteiger partial charge in [0.05, 0.1) is 11.4 Å². The lowest BCUT2D eigenvalue weighted by molar-refractivity contribution is -0.121. The van der Waals surface area contributed by atoms with Gasteiger partial charge in [0.25, 0.3) is 11.8 Å². The highest BCUT2D eigenvalue weighted by molar-refractivity contribution is 6.26. The van der Waals surface area contributed by atoms with Crippen molar-refractivity contribution >= 4 is 23.2 Å². The van der Waals surface area contributed by atoms with Gasteiger partial charge in [-0.2, -0.15) is 5.11 Å². The van der Waals surface area contributed by atoms with Crippen molar-refractivity contribution in [3.05, 3.63) is 58.9 Å². The molecule has 0 unspecified atom stereocenters. The van der Waals surface area contributed by atoms with Crippen LogP contribution in [-0.2, 0) is 9.59 Å². The smallest absolute Gasteiger partial charge is 0.263 e. The van der Waals surface area contributed by atoms with Gasteiger partial charge < -0.3 is 0 Å². The highest BCUT2D eigenvalue weighted by Crippen LogP contribution is 2.35. The molecule has 2 aliphatic heterocycles. The lowest BCUT2D eigenvalue weighted by Gasteiger charge is -2.21. The third kappa shape index (κ3) is 2.31. The molecule has 0 aliphatic carbocycles. The fourth-order valence-electron chi connectivity index (χ4n) is 3.22. The SMILES string of the molecule is Cc1ccc(N2N=N[C@@H]3C(=O)N(c4ccc(C)c(F)c4)C(=O)[C@H]32)cc1C. The van der Waals surface area contributed by atoms with Crippen molar-refractivity contribution in [2.75, 3.05) is 9.91 Å². The predicted molar refractivity (Wildman–Crippen MR) is 94.5 cm³/mol. The molecule has 2 amide bonds. The number of hydrogen-bond acceptors (Lipinski definition) is 5. The third-order valence-corrected chi connectivity index (χ3v) is 4.95. The van der Waals surface area contributed by atoms with Crippen molar-refractivity contribution in [3.8, 4) is 0 Å². The van der Waals surface area contributed by atoms with Crippen LogP contribution in [0.4, 0.5) is 15.8 Å². The number of aryl methyl sites for hydroxylation is 3. The van der Waals surface area contributed by atoms with E-state index in [4.69, 9.17) is 0 Å². The van der Waals surface area contributed by atoms with Gasteiger partial charge >= 0.3 is 0 Å². The van der Waals surface area contributed by atoms with Crippen LogP contribution in [-0.4, -0.2) is 23.9 Å². The Balaban J connectivity index is 1.71. The van der Waals surface area contributed by atoms with E-state index >= 15 is 0 Å². The number of imide groups is 1. The zero-order valence-corrected chi connectivity index (χ0v) is 14.6. The topological polar surface area (TPSA) is 65.3 Å². The first-order valence-electron chi connectivity index (χ1n) is 8.29. The van der Waals surface area contributed by atoms with E-state index in [1.165, 1.54) is 11.1 Å². The largest absolute Gasteiger partial charge is 0.271 e. The standard InChI is InChI=1S/C19H17FN4O2/c1-10-4-7-14(8-12(10)3)24-17-16(21-22-24)18(25)23(19(17)26)13-6-5-11(2)15(20)9-13/h4-9,16-17H,1-3H3/t16-,17-/m0/s1. The average molecular weight is 352 g/mol. The molecule has 1 fully saturated rings. The molecule has 26 heavy (non-hydrogen) atoms. The summed E-state index contributed by atoms with van der Waals surface area (Å²) in [6, 6.07) is 8.24. The van der Waals surface area contributed by atoms with E-state index in [1.807, 2.05) is 32.0 Å². The van der Waals surface area contributed by atoms with Crippen LogP contribution < -0.4 is 9.91 Å². The molecule has 0 spiro atoms. The Bertz CT molecular complexity index is 972. The molecule has 6 nitrogen and oxygen atoms in total. The molecule has 132 valence electrons.